The van der Waals surface area contributed by atoms with Crippen LogP contribution in [0, 0.1) is 5.92 Å². The first-order chi connectivity index (χ1) is 7.18. The zero-order chi connectivity index (χ0) is 10.8. The first-order valence-corrected chi connectivity index (χ1v) is 5.46. The van der Waals surface area contributed by atoms with Gasteiger partial charge in [0.05, 0.1) is 0 Å². The van der Waals surface area contributed by atoms with Crippen LogP contribution >= 0.6 is 0 Å². The Morgan fingerprint density at radius 3 is 3.07 bits per heavy atom. The fourth-order valence-corrected chi connectivity index (χ4v) is 2.07. The van der Waals surface area contributed by atoms with Crippen molar-refractivity contribution in [1.82, 2.24) is 15.1 Å². The third kappa shape index (κ3) is 2.03. The maximum absolute atomic E-state index is 11.8. The van der Waals surface area contributed by atoms with E-state index in [0.29, 0.717) is 5.92 Å². The molecule has 4 heteroatoms. The van der Waals surface area contributed by atoms with E-state index in [0.717, 1.165) is 25.2 Å². The number of likely N-dealkylation sites (tertiary alicyclic amines) is 1. The molecule has 0 aromatic carbocycles. The van der Waals surface area contributed by atoms with Gasteiger partial charge in [0.2, 0.25) is 5.91 Å². The number of hydrogen-bond donors (Lipinski definition) is 1. The molecule has 82 valence electrons. The van der Waals surface area contributed by atoms with Crippen LogP contribution in [0.15, 0.2) is 12.3 Å². The smallest absolute Gasteiger partial charge is 0.225 e. The minimum atomic E-state index is 0.102. The molecule has 2 rings (SSSR count). The van der Waals surface area contributed by atoms with E-state index in [2.05, 4.69) is 10.2 Å². The van der Waals surface area contributed by atoms with Crippen molar-refractivity contribution in [2.75, 3.05) is 13.1 Å². The summed E-state index contributed by atoms with van der Waals surface area (Å²) in [7, 11) is 0. The van der Waals surface area contributed by atoms with Gasteiger partial charge in [-0.05, 0) is 12.5 Å². The first-order valence-electron chi connectivity index (χ1n) is 5.46. The zero-order valence-electron chi connectivity index (χ0n) is 9.23. The number of nitrogens with one attached hydrogen (secondary N) is 1. The molecule has 4 nitrogen and oxygen atoms in total. The lowest BCUT2D eigenvalue weighted by Crippen LogP contribution is -2.31. The van der Waals surface area contributed by atoms with Crippen LogP contribution in [0.25, 0.3) is 0 Å². The summed E-state index contributed by atoms with van der Waals surface area (Å²) in [6.45, 7) is 5.61. The standard InChI is InChI=1S/C11H17N3O/c1-8(2)11(15)14-6-4-9(7-14)10-3-5-12-13-10/h3,5,8-9H,4,6-7H2,1-2H3,(H,12,13). The molecular weight excluding hydrogens is 190 g/mol. The summed E-state index contributed by atoms with van der Waals surface area (Å²) in [6.07, 6.45) is 2.81. The van der Waals surface area contributed by atoms with Gasteiger partial charge in [-0.3, -0.25) is 9.89 Å². The van der Waals surface area contributed by atoms with Crippen LogP contribution in [0.4, 0.5) is 0 Å². The van der Waals surface area contributed by atoms with Crippen molar-refractivity contribution >= 4 is 5.91 Å². The molecule has 1 aromatic rings. The molecule has 1 aliphatic rings. The molecule has 1 fully saturated rings. The summed E-state index contributed by atoms with van der Waals surface area (Å²) in [5.41, 5.74) is 1.15. The van der Waals surface area contributed by atoms with E-state index in [-0.39, 0.29) is 11.8 Å². The number of carbonyl (C=O) groups excluding carboxylic acids is 1. The maximum Gasteiger partial charge on any atom is 0.225 e. The number of aromatic amines is 1. The van der Waals surface area contributed by atoms with E-state index in [4.69, 9.17) is 0 Å². The van der Waals surface area contributed by atoms with E-state index >= 15 is 0 Å². The van der Waals surface area contributed by atoms with Gasteiger partial charge in [-0.2, -0.15) is 5.10 Å². The molecule has 1 amide bonds. The van der Waals surface area contributed by atoms with E-state index in [1.807, 2.05) is 24.8 Å². The summed E-state index contributed by atoms with van der Waals surface area (Å²) in [6, 6.07) is 1.99. The first kappa shape index (κ1) is 10.2. The molecule has 15 heavy (non-hydrogen) atoms. The summed E-state index contributed by atoms with van der Waals surface area (Å²) < 4.78 is 0. The Bertz CT molecular complexity index is 332. The topological polar surface area (TPSA) is 49.0 Å². The second-order valence-corrected chi connectivity index (χ2v) is 4.44. The molecule has 1 N–H and O–H groups in total. The summed E-state index contributed by atoms with van der Waals surface area (Å²) in [5.74, 6) is 0.803. The number of hydrogen-bond acceptors (Lipinski definition) is 2. The van der Waals surface area contributed by atoms with Crippen molar-refractivity contribution < 1.29 is 4.79 Å². The van der Waals surface area contributed by atoms with Gasteiger partial charge < -0.3 is 4.90 Å². The molecule has 1 aromatic heterocycles. The van der Waals surface area contributed by atoms with E-state index in [1.165, 1.54) is 0 Å². The average molecular weight is 207 g/mol. The Morgan fingerprint density at radius 1 is 1.67 bits per heavy atom. The van der Waals surface area contributed by atoms with Gasteiger partial charge in [0.25, 0.3) is 0 Å². The van der Waals surface area contributed by atoms with Crippen molar-refractivity contribution in [3.8, 4) is 0 Å². The number of nitrogens with zero attached hydrogens (tertiary/aromatic N) is 2. The number of carbonyl (C=O) groups is 1. The third-order valence-electron chi connectivity index (χ3n) is 2.96. The maximum atomic E-state index is 11.8. The fourth-order valence-electron chi connectivity index (χ4n) is 2.07. The van der Waals surface area contributed by atoms with Gasteiger partial charge in [-0.15, -0.1) is 0 Å². The van der Waals surface area contributed by atoms with Gasteiger partial charge >= 0.3 is 0 Å². The highest BCUT2D eigenvalue weighted by Gasteiger charge is 2.28. The second kappa shape index (κ2) is 4.04. The summed E-state index contributed by atoms with van der Waals surface area (Å²) in [4.78, 5) is 13.7. The molecule has 0 radical (unpaired) electrons. The van der Waals surface area contributed by atoms with Crippen molar-refractivity contribution in [1.29, 1.82) is 0 Å². The average Bonchev–Trinajstić information content (AvgIpc) is 2.86. The minimum absolute atomic E-state index is 0.102. The van der Waals surface area contributed by atoms with Gasteiger partial charge in [0, 0.05) is 36.8 Å². The van der Waals surface area contributed by atoms with Crippen LogP contribution in [-0.4, -0.2) is 34.1 Å². The largest absolute Gasteiger partial charge is 0.342 e. The molecule has 1 unspecified atom stereocenters. The Kier molecular flexibility index (Phi) is 2.75. The van der Waals surface area contributed by atoms with Gasteiger partial charge in [0.15, 0.2) is 0 Å². The molecule has 0 saturated carbocycles. The van der Waals surface area contributed by atoms with Gasteiger partial charge in [-0.1, -0.05) is 13.8 Å². The number of amides is 1. The zero-order valence-corrected chi connectivity index (χ0v) is 9.23. The number of H-pyrrole nitrogens is 1. The van der Waals surface area contributed by atoms with Crippen molar-refractivity contribution in [3.05, 3.63) is 18.0 Å². The lowest BCUT2D eigenvalue weighted by molar-refractivity contribution is -0.133. The van der Waals surface area contributed by atoms with Crippen molar-refractivity contribution in [2.45, 2.75) is 26.2 Å². The van der Waals surface area contributed by atoms with E-state index < -0.39 is 0 Å². The molecule has 1 atom stereocenters. The summed E-state index contributed by atoms with van der Waals surface area (Å²) >= 11 is 0. The Labute approximate surface area is 89.7 Å². The molecule has 1 saturated heterocycles. The molecule has 1 aliphatic heterocycles. The van der Waals surface area contributed by atoms with Crippen molar-refractivity contribution in [2.24, 2.45) is 5.92 Å². The highest BCUT2D eigenvalue weighted by atomic mass is 16.2. The van der Waals surface area contributed by atoms with E-state index in [9.17, 15) is 4.79 Å². The van der Waals surface area contributed by atoms with Gasteiger partial charge in [0.1, 0.15) is 0 Å². The highest BCUT2D eigenvalue weighted by molar-refractivity contribution is 5.78. The fraction of sp³-hybridized carbons (Fsp3) is 0.636. The number of aromatic nitrogens is 2. The van der Waals surface area contributed by atoms with Crippen LogP contribution in [0.2, 0.25) is 0 Å². The predicted octanol–water partition coefficient (Wildman–Crippen LogP) is 1.38. The number of rotatable bonds is 2. The minimum Gasteiger partial charge on any atom is -0.342 e. The Morgan fingerprint density at radius 2 is 2.47 bits per heavy atom. The van der Waals surface area contributed by atoms with Crippen LogP contribution in [-0.2, 0) is 4.79 Å². The molecular formula is C11H17N3O. The third-order valence-corrected chi connectivity index (χ3v) is 2.96. The van der Waals surface area contributed by atoms with Gasteiger partial charge in [-0.25, -0.2) is 0 Å². The Balaban J connectivity index is 1.98. The summed E-state index contributed by atoms with van der Waals surface area (Å²) in [5, 5.41) is 6.92. The highest BCUT2D eigenvalue weighted by Crippen LogP contribution is 2.26. The van der Waals surface area contributed by atoms with E-state index in [1.54, 1.807) is 6.20 Å². The predicted molar refractivity (Wildman–Crippen MR) is 57.4 cm³/mol. The van der Waals surface area contributed by atoms with Crippen LogP contribution < -0.4 is 0 Å². The van der Waals surface area contributed by atoms with Crippen LogP contribution in [0.5, 0.6) is 0 Å². The molecule has 0 bridgehead atoms. The lowest BCUT2D eigenvalue weighted by atomic mass is 10.1. The lowest BCUT2D eigenvalue weighted by Gasteiger charge is -2.18. The molecule has 0 spiro atoms. The quantitative estimate of drug-likeness (QED) is 0.796. The SMILES string of the molecule is CC(C)C(=O)N1CCC(c2ccn[nH]2)C1. The van der Waals surface area contributed by atoms with Crippen LogP contribution in [0.1, 0.15) is 31.9 Å². The van der Waals surface area contributed by atoms with Crippen LogP contribution in [0.3, 0.4) is 0 Å². The molecule has 2 heterocycles. The Hall–Kier alpha value is -1.32. The monoisotopic (exact) mass is 207 g/mol. The molecule has 0 aliphatic carbocycles. The van der Waals surface area contributed by atoms with Crippen molar-refractivity contribution in [3.63, 3.8) is 0 Å². The second-order valence-electron chi connectivity index (χ2n) is 4.44. The normalized spacial score (nSPS) is 21.3.